The Labute approximate surface area is 144 Å². The van der Waals surface area contributed by atoms with Gasteiger partial charge in [-0.15, -0.1) is 11.6 Å². The van der Waals surface area contributed by atoms with E-state index in [9.17, 15) is 9.59 Å². The normalized spacial score (nSPS) is 11.6. The van der Waals surface area contributed by atoms with E-state index in [1.165, 1.54) is 0 Å². The number of nitrogens with one attached hydrogen (secondary N) is 2. The molecule has 0 aliphatic rings. The molecule has 0 aliphatic heterocycles. The molecule has 1 unspecified atom stereocenters. The fourth-order valence-corrected chi connectivity index (χ4v) is 2.25. The predicted octanol–water partition coefficient (Wildman–Crippen LogP) is 3.05. The molecule has 0 saturated carbocycles. The lowest BCUT2D eigenvalue weighted by Gasteiger charge is -2.18. The zero-order valence-electron chi connectivity index (χ0n) is 12.3. The Hall–Kier alpha value is -2.04. The molecule has 1 atom stereocenters. The lowest BCUT2D eigenvalue weighted by molar-refractivity contribution is -0.128. The number of alkyl halides is 1. The molecular weight excluding hydrogens is 335 g/mol. The highest BCUT2D eigenvalue weighted by molar-refractivity contribution is 6.30. The van der Waals surface area contributed by atoms with Crippen molar-refractivity contribution in [3.8, 4) is 0 Å². The van der Waals surface area contributed by atoms with Gasteiger partial charge in [0.25, 0.3) is 0 Å². The van der Waals surface area contributed by atoms with Gasteiger partial charge in [-0.2, -0.15) is 0 Å². The number of amides is 2. The maximum Gasteiger partial charge on any atom is 0.247 e. The number of hydrogen-bond donors (Lipinski definition) is 2. The molecule has 0 aromatic heterocycles. The molecule has 2 amide bonds. The van der Waals surface area contributed by atoms with Gasteiger partial charge in [-0.1, -0.05) is 54.1 Å². The molecule has 0 bridgehead atoms. The lowest BCUT2D eigenvalue weighted by Crippen LogP contribution is -2.40. The molecule has 4 nitrogen and oxygen atoms in total. The first kappa shape index (κ1) is 17.3. The maximum atomic E-state index is 12.5. The molecule has 6 heteroatoms. The van der Waals surface area contributed by atoms with E-state index in [4.69, 9.17) is 23.2 Å². The molecule has 0 fully saturated rings. The second-order valence-electron chi connectivity index (χ2n) is 4.89. The zero-order chi connectivity index (χ0) is 16.7. The first-order chi connectivity index (χ1) is 11.1. The van der Waals surface area contributed by atoms with Crippen molar-refractivity contribution in [1.29, 1.82) is 0 Å². The van der Waals surface area contributed by atoms with Crippen LogP contribution in [0.4, 0.5) is 0 Å². The minimum atomic E-state index is -0.817. The van der Waals surface area contributed by atoms with Crippen molar-refractivity contribution in [2.75, 3.05) is 5.88 Å². The third-order valence-electron chi connectivity index (χ3n) is 3.20. The summed E-state index contributed by atoms with van der Waals surface area (Å²) in [4.78, 5) is 24.0. The topological polar surface area (TPSA) is 58.2 Å². The number of benzene rings is 2. The summed E-state index contributed by atoms with van der Waals surface area (Å²) in [5, 5.41) is 5.98. The summed E-state index contributed by atoms with van der Waals surface area (Å²) in [7, 11) is 0. The van der Waals surface area contributed by atoms with Crippen LogP contribution in [0.25, 0.3) is 0 Å². The van der Waals surface area contributed by atoms with Crippen molar-refractivity contribution in [2.24, 2.45) is 0 Å². The fourth-order valence-electron chi connectivity index (χ4n) is 2.04. The third kappa shape index (κ3) is 5.27. The monoisotopic (exact) mass is 350 g/mol. The second-order valence-corrected chi connectivity index (χ2v) is 5.59. The van der Waals surface area contributed by atoms with Gasteiger partial charge in [-0.25, -0.2) is 0 Å². The van der Waals surface area contributed by atoms with Crippen LogP contribution in [0.15, 0.2) is 54.6 Å². The summed E-state index contributed by atoms with van der Waals surface area (Å²) in [6, 6.07) is 15.4. The highest BCUT2D eigenvalue weighted by Crippen LogP contribution is 2.17. The fraction of sp³-hybridized carbons (Fsp3) is 0.176. The molecule has 2 aromatic rings. The van der Waals surface area contributed by atoms with Crippen LogP contribution < -0.4 is 10.6 Å². The summed E-state index contributed by atoms with van der Waals surface area (Å²) in [6.07, 6.45) is 0. The van der Waals surface area contributed by atoms with E-state index < -0.39 is 11.9 Å². The largest absolute Gasteiger partial charge is 0.350 e. The standard InChI is InChI=1S/C17H16Cl2N2O2/c18-10-15(22)21-16(13-6-8-14(19)9-7-13)17(23)20-11-12-4-2-1-3-5-12/h1-9,16H,10-11H2,(H,20,23)(H,21,22). The van der Waals surface area contributed by atoms with Crippen molar-refractivity contribution in [3.05, 3.63) is 70.7 Å². The molecule has 0 spiro atoms. The van der Waals surface area contributed by atoms with E-state index in [1.54, 1.807) is 24.3 Å². The Morgan fingerprint density at radius 2 is 1.65 bits per heavy atom. The van der Waals surface area contributed by atoms with Gasteiger partial charge in [0.1, 0.15) is 11.9 Å². The Balaban J connectivity index is 2.10. The van der Waals surface area contributed by atoms with Crippen LogP contribution in [0.5, 0.6) is 0 Å². The third-order valence-corrected chi connectivity index (χ3v) is 3.70. The highest BCUT2D eigenvalue weighted by atomic mass is 35.5. The smallest absolute Gasteiger partial charge is 0.247 e. The molecule has 0 radical (unpaired) electrons. The molecule has 0 heterocycles. The summed E-state index contributed by atoms with van der Waals surface area (Å²) in [6.45, 7) is 0.376. The number of halogens is 2. The van der Waals surface area contributed by atoms with E-state index in [2.05, 4.69) is 10.6 Å². The van der Waals surface area contributed by atoms with E-state index in [-0.39, 0.29) is 11.8 Å². The van der Waals surface area contributed by atoms with Crippen molar-refractivity contribution in [3.63, 3.8) is 0 Å². The molecule has 0 saturated heterocycles. The van der Waals surface area contributed by atoms with Crippen molar-refractivity contribution >= 4 is 35.0 Å². The van der Waals surface area contributed by atoms with Crippen LogP contribution in [-0.4, -0.2) is 17.7 Å². The average molecular weight is 351 g/mol. The summed E-state index contributed by atoms with van der Waals surface area (Å²) in [5.41, 5.74) is 1.61. The van der Waals surface area contributed by atoms with Crippen LogP contribution >= 0.6 is 23.2 Å². The lowest BCUT2D eigenvalue weighted by atomic mass is 10.1. The van der Waals surface area contributed by atoms with Crippen LogP contribution in [0.2, 0.25) is 5.02 Å². The molecule has 120 valence electrons. The number of carbonyl (C=O) groups excluding carboxylic acids is 2. The summed E-state index contributed by atoms with van der Waals surface area (Å²) >= 11 is 11.4. The zero-order valence-corrected chi connectivity index (χ0v) is 13.8. The highest BCUT2D eigenvalue weighted by Gasteiger charge is 2.22. The van der Waals surface area contributed by atoms with E-state index >= 15 is 0 Å². The van der Waals surface area contributed by atoms with Gasteiger partial charge in [0, 0.05) is 11.6 Å². The van der Waals surface area contributed by atoms with Gasteiger partial charge < -0.3 is 10.6 Å². The van der Waals surface area contributed by atoms with Gasteiger partial charge in [-0.05, 0) is 23.3 Å². The van der Waals surface area contributed by atoms with Crippen molar-refractivity contribution in [2.45, 2.75) is 12.6 Å². The maximum absolute atomic E-state index is 12.5. The van der Waals surface area contributed by atoms with Crippen LogP contribution in [0, 0.1) is 0 Å². The van der Waals surface area contributed by atoms with Gasteiger partial charge in [0.15, 0.2) is 0 Å². The molecule has 23 heavy (non-hydrogen) atoms. The molecular formula is C17H16Cl2N2O2. The first-order valence-corrected chi connectivity index (χ1v) is 7.94. The van der Waals surface area contributed by atoms with Crippen LogP contribution in [-0.2, 0) is 16.1 Å². The predicted molar refractivity (Wildman–Crippen MR) is 91.3 cm³/mol. The quantitative estimate of drug-likeness (QED) is 0.786. The minimum absolute atomic E-state index is 0.212. The van der Waals surface area contributed by atoms with Crippen LogP contribution in [0.3, 0.4) is 0 Å². The molecule has 2 N–H and O–H groups in total. The van der Waals surface area contributed by atoms with Crippen molar-refractivity contribution in [1.82, 2.24) is 10.6 Å². The number of hydrogen-bond acceptors (Lipinski definition) is 2. The minimum Gasteiger partial charge on any atom is -0.350 e. The van der Waals surface area contributed by atoms with E-state index in [0.29, 0.717) is 17.1 Å². The summed E-state index contributed by atoms with van der Waals surface area (Å²) < 4.78 is 0. The van der Waals surface area contributed by atoms with Gasteiger partial charge in [0.2, 0.25) is 11.8 Å². The summed E-state index contributed by atoms with van der Waals surface area (Å²) in [5.74, 6) is -0.938. The molecule has 0 aliphatic carbocycles. The second kappa shape index (κ2) is 8.56. The first-order valence-electron chi connectivity index (χ1n) is 7.02. The Kier molecular flexibility index (Phi) is 6.44. The van der Waals surface area contributed by atoms with Gasteiger partial charge in [-0.3, -0.25) is 9.59 Å². The number of rotatable bonds is 6. The van der Waals surface area contributed by atoms with Gasteiger partial charge >= 0.3 is 0 Å². The Bertz CT molecular complexity index is 660. The SMILES string of the molecule is O=C(CCl)NC(C(=O)NCc1ccccc1)c1ccc(Cl)cc1. The van der Waals surface area contributed by atoms with Crippen molar-refractivity contribution < 1.29 is 9.59 Å². The average Bonchev–Trinajstić information content (AvgIpc) is 2.59. The van der Waals surface area contributed by atoms with Crippen LogP contribution in [0.1, 0.15) is 17.2 Å². The van der Waals surface area contributed by atoms with E-state index in [1.807, 2.05) is 30.3 Å². The van der Waals surface area contributed by atoms with E-state index in [0.717, 1.165) is 5.56 Å². The molecule has 2 aromatic carbocycles. The molecule has 2 rings (SSSR count). The van der Waals surface area contributed by atoms with Gasteiger partial charge in [0.05, 0.1) is 0 Å². The Morgan fingerprint density at radius 1 is 1.00 bits per heavy atom. The Morgan fingerprint density at radius 3 is 2.26 bits per heavy atom. The number of carbonyl (C=O) groups is 2.